The van der Waals surface area contributed by atoms with Gasteiger partial charge in [-0.25, -0.2) is 0 Å². The predicted octanol–water partition coefficient (Wildman–Crippen LogP) is 2.17. The van der Waals surface area contributed by atoms with E-state index in [1.807, 2.05) is 4.90 Å². The number of amides is 1. The molecule has 2 aliphatic rings. The van der Waals surface area contributed by atoms with Crippen LogP contribution in [0.25, 0.3) is 0 Å². The number of carbonyl (C=O) groups is 1. The van der Waals surface area contributed by atoms with E-state index in [1.54, 1.807) is 0 Å². The summed E-state index contributed by atoms with van der Waals surface area (Å²) < 4.78 is 0. The summed E-state index contributed by atoms with van der Waals surface area (Å²) in [4.78, 5) is 14.9. The van der Waals surface area contributed by atoms with Gasteiger partial charge in [0, 0.05) is 26.2 Å². The molecule has 2 fully saturated rings. The number of carbonyl (C=O) groups excluding carboxylic acids is 1. The highest BCUT2D eigenvalue weighted by Gasteiger charge is 2.39. The van der Waals surface area contributed by atoms with Gasteiger partial charge in [-0.2, -0.15) is 0 Å². The van der Waals surface area contributed by atoms with E-state index in [2.05, 4.69) is 36.5 Å². The number of rotatable bonds is 4. The van der Waals surface area contributed by atoms with E-state index in [0.717, 1.165) is 32.6 Å². The molecule has 1 aliphatic carbocycles. The van der Waals surface area contributed by atoms with Gasteiger partial charge < -0.3 is 10.2 Å². The summed E-state index contributed by atoms with van der Waals surface area (Å²) in [6, 6.07) is 8.69. The SMILES string of the molecule is CCc1ccc(C(C(=O)N2CCNCC2)C2CC2)cc1. The molecule has 1 unspecified atom stereocenters. The summed E-state index contributed by atoms with van der Waals surface area (Å²) >= 11 is 0. The number of hydrogen-bond acceptors (Lipinski definition) is 2. The molecule has 3 nitrogen and oxygen atoms in total. The maximum absolute atomic E-state index is 12.8. The Morgan fingerprint density at radius 2 is 1.90 bits per heavy atom. The second-order valence-corrected chi connectivity index (χ2v) is 5.99. The third-order valence-electron chi connectivity index (χ3n) is 4.54. The van der Waals surface area contributed by atoms with Gasteiger partial charge in [-0.1, -0.05) is 31.2 Å². The van der Waals surface area contributed by atoms with Crippen LogP contribution in [-0.4, -0.2) is 37.0 Å². The molecule has 1 atom stereocenters. The van der Waals surface area contributed by atoms with E-state index in [1.165, 1.54) is 24.0 Å². The zero-order chi connectivity index (χ0) is 13.9. The highest BCUT2D eigenvalue weighted by molar-refractivity contribution is 5.84. The van der Waals surface area contributed by atoms with Gasteiger partial charge in [0.1, 0.15) is 0 Å². The zero-order valence-corrected chi connectivity index (χ0v) is 12.3. The molecule has 0 aromatic heterocycles. The first-order valence-corrected chi connectivity index (χ1v) is 7.88. The van der Waals surface area contributed by atoms with Crippen LogP contribution in [0.3, 0.4) is 0 Å². The smallest absolute Gasteiger partial charge is 0.230 e. The lowest BCUT2D eigenvalue weighted by Gasteiger charge is -2.31. The van der Waals surface area contributed by atoms with Gasteiger partial charge in [-0.05, 0) is 36.3 Å². The van der Waals surface area contributed by atoms with Crippen molar-refractivity contribution in [3.8, 4) is 0 Å². The van der Waals surface area contributed by atoms with E-state index in [0.29, 0.717) is 11.8 Å². The van der Waals surface area contributed by atoms with Crippen LogP contribution in [-0.2, 0) is 11.2 Å². The van der Waals surface area contributed by atoms with Crippen LogP contribution in [0.4, 0.5) is 0 Å². The summed E-state index contributed by atoms with van der Waals surface area (Å²) in [5.74, 6) is 1.02. The Balaban J connectivity index is 1.78. The molecule has 1 aromatic rings. The summed E-state index contributed by atoms with van der Waals surface area (Å²) in [6.45, 7) is 5.74. The summed E-state index contributed by atoms with van der Waals surface area (Å²) in [5, 5.41) is 3.31. The van der Waals surface area contributed by atoms with Crippen LogP contribution in [0, 0.1) is 5.92 Å². The number of aryl methyl sites for hydroxylation is 1. The van der Waals surface area contributed by atoms with Gasteiger partial charge >= 0.3 is 0 Å². The second kappa shape index (κ2) is 5.96. The Kier molecular flexibility index (Phi) is 4.06. The molecule has 1 aliphatic heterocycles. The lowest BCUT2D eigenvalue weighted by atomic mass is 9.91. The number of hydrogen-bond donors (Lipinski definition) is 1. The van der Waals surface area contributed by atoms with Gasteiger partial charge in [0.15, 0.2) is 0 Å². The molecule has 0 spiro atoms. The van der Waals surface area contributed by atoms with Crippen LogP contribution in [0.5, 0.6) is 0 Å². The topological polar surface area (TPSA) is 32.3 Å². The molecule has 0 bridgehead atoms. The quantitative estimate of drug-likeness (QED) is 0.911. The van der Waals surface area contributed by atoms with Crippen molar-refractivity contribution in [2.24, 2.45) is 5.92 Å². The van der Waals surface area contributed by atoms with E-state index in [4.69, 9.17) is 0 Å². The second-order valence-electron chi connectivity index (χ2n) is 5.99. The number of benzene rings is 1. The van der Waals surface area contributed by atoms with Gasteiger partial charge in [-0.15, -0.1) is 0 Å². The molecule has 1 amide bonds. The third-order valence-corrected chi connectivity index (χ3v) is 4.54. The molecule has 1 N–H and O–H groups in total. The van der Waals surface area contributed by atoms with Crippen molar-refractivity contribution in [2.45, 2.75) is 32.1 Å². The maximum Gasteiger partial charge on any atom is 0.230 e. The van der Waals surface area contributed by atoms with Crippen molar-refractivity contribution in [2.75, 3.05) is 26.2 Å². The molecule has 3 heteroatoms. The van der Waals surface area contributed by atoms with Crippen molar-refractivity contribution in [3.63, 3.8) is 0 Å². The van der Waals surface area contributed by atoms with Gasteiger partial charge in [-0.3, -0.25) is 4.79 Å². The van der Waals surface area contributed by atoms with E-state index in [9.17, 15) is 4.79 Å². The minimum absolute atomic E-state index is 0.0963. The average Bonchev–Trinajstić information content (AvgIpc) is 3.34. The van der Waals surface area contributed by atoms with Crippen LogP contribution in [0.1, 0.15) is 36.8 Å². The Morgan fingerprint density at radius 3 is 2.45 bits per heavy atom. The van der Waals surface area contributed by atoms with Crippen molar-refractivity contribution >= 4 is 5.91 Å². The first-order chi connectivity index (χ1) is 9.79. The predicted molar refractivity (Wildman–Crippen MR) is 80.7 cm³/mol. The molecule has 3 rings (SSSR count). The normalized spacial score (nSPS) is 20.8. The molecule has 108 valence electrons. The standard InChI is InChI=1S/C17H24N2O/c1-2-13-3-5-14(6-4-13)16(15-7-8-15)17(20)19-11-9-18-10-12-19/h3-6,15-16,18H,2,7-12H2,1H3. The van der Waals surface area contributed by atoms with E-state index in [-0.39, 0.29) is 5.92 Å². The highest BCUT2D eigenvalue weighted by Crippen LogP contribution is 2.43. The van der Waals surface area contributed by atoms with Gasteiger partial charge in [0.2, 0.25) is 5.91 Å². The number of nitrogens with zero attached hydrogens (tertiary/aromatic N) is 1. The summed E-state index contributed by atoms with van der Waals surface area (Å²) in [5.41, 5.74) is 2.56. The van der Waals surface area contributed by atoms with Crippen LogP contribution >= 0.6 is 0 Å². The molecular weight excluding hydrogens is 248 g/mol. The fourth-order valence-corrected chi connectivity index (χ4v) is 3.09. The van der Waals surface area contributed by atoms with Crippen LogP contribution in [0.2, 0.25) is 0 Å². The Morgan fingerprint density at radius 1 is 1.25 bits per heavy atom. The molecule has 1 heterocycles. The number of piperazine rings is 1. The lowest BCUT2D eigenvalue weighted by molar-refractivity contribution is -0.133. The maximum atomic E-state index is 12.8. The van der Waals surface area contributed by atoms with Gasteiger partial charge in [0.05, 0.1) is 5.92 Å². The average molecular weight is 272 g/mol. The van der Waals surface area contributed by atoms with Gasteiger partial charge in [0.25, 0.3) is 0 Å². The molecule has 1 saturated carbocycles. The number of nitrogens with one attached hydrogen (secondary N) is 1. The van der Waals surface area contributed by atoms with Crippen molar-refractivity contribution < 1.29 is 4.79 Å². The monoisotopic (exact) mass is 272 g/mol. The Bertz CT molecular complexity index is 458. The van der Waals surface area contributed by atoms with E-state index < -0.39 is 0 Å². The Hall–Kier alpha value is -1.35. The Labute approximate surface area is 121 Å². The lowest BCUT2D eigenvalue weighted by Crippen LogP contribution is -2.48. The first-order valence-electron chi connectivity index (χ1n) is 7.88. The van der Waals surface area contributed by atoms with Crippen molar-refractivity contribution in [3.05, 3.63) is 35.4 Å². The minimum atomic E-state index is 0.0963. The molecule has 0 radical (unpaired) electrons. The van der Waals surface area contributed by atoms with Crippen molar-refractivity contribution in [1.29, 1.82) is 0 Å². The largest absolute Gasteiger partial charge is 0.340 e. The minimum Gasteiger partial charge on any atom is -0.340 e. The van der Waals surface area contributed by atoms with Crippen molar-refractivity contribution in [1.82, 2.24) is 10.2 Å². The summed E-state index contributed by atoms with van der Waals surface area (Å²) in [6.07, 6.45) is 3.47. The molecule has 1 saturated heterocycles. The van der Waals surface area contributed by atoms with Crippen LogP contribution < -0.4 is 5.32 Å². The highest BCUT2D eigenvalue weighted by atomic mass is 16.2. The molecular formula is C17H24N2O. The fourth-order valence-electron chi connectivity index (χ4n) is 3.09. The summed E-state index contributed by atoms with van der Waals surface area (Å²) in [7, 11) is 0. The first kappa shape index (κ1) is 13.6. The molecule has 1 aromatic carbocycles. The molecule has 20 heavy (non-hydrogen) atoms. The zero-order valence-electron chi connectivity index (χ0n) is 12.3. The van der Waals surface area contributed by atoms with Crippen LogP contribution in [0.15, 0.2) is 24.3 Å². The van der Waals surface area contributed by atoms with E-state index >= 15 is 0 Å². The third kappa shape index (κ3) is 2.88. The fraction of sp³-hybridized carbons (Fsp3) is 0.588.